The summed E-state index contributed by atoms with van der Waals surface area (Å²) in [6, 6.07) is 3.55. The van der Waals surface area contributed by atoms with Gasteiger partial charge < -0.3 is 10.4 Å². The fourth-order valence-corrected chi connectivity index (χ4v) is 2.12. The maximum atomic E-state index is 13.6. The minimum absolute atomic E-state index is 0.0965. The highest BCUT2D eigenvalue weighted by Gasteiger charge is 2.48. The standard InChI is InChI=1S/C14H15F2NO3/c1-14(2,13(19)20)17-12(18)8-6-7(8)11-9(15)4-3-5-10(11)16/h3-5,7-8H,6H2,1-2H3,(H,17,18)(H,19,20). The van der Waals surface area contributed by atoms with E-state index in [0.29, 0.717) is 6.42 Å². The fourth-order valence-electron chi connectivity index (χ4n) is 2.12. The molecule has 2 atom stereocenters. The zero-order valence-corrected chi connectivity index (χ0v) is 11.1. The first-order valence-corrected chi connectivity index (χ1v) is 6.23. The van der Waals surface area contributed by atoms with Crippen molar-refractivity contribution in [3.63, 3.8) is 0 Å². The van der Waals surface area contributed by atoms with Crippen LogP contribution in [-0.4, -0.2) is 22.5 Å². The van der Waals surface area contributed by atoms with Crippen LogP contribution in [0.3, 0.4) is 0 Å². The number of halogens is 2. The van der Waals surface area contributed by atoms with Crippen molar-refractivity contribution in [2.75, 3.05) is 0 Å². The summed E-state index contributed by atoms with van der Waals surface area (Å²) in [5.41, 5.74) is -1.50. The lowest BCUT2D eigenvalue weighted by Gasteiger charge is -2.21. The van der Waals surface area contributed by atoms with Crippen LogP contribution in [0.15, 0.2) is 18.2 Å². The van der Waals surface area contributed by atoms with Crippen LogP contribution < -0.4 is 5.32 Å². The lowest BCUT2D eigenvalue weighted by molar-refractivity contribution is -0.146. The van der Waals surface area contributed by atoms with Crippen LogP contribution in [0.4, 0.5) is 8.78 Å². The van der Waals surface area contributed by atoms with Crippen LogP contribution in [-0.2, 0) is 9.59 Å². The Balaban J connectivity index is 2.09. The van der Waals surface area contributed by atoms with Crippen molar-refractivity contribution in [2.24, 2.45) is 5.92 Å². The van der Waals surface area contributed by atoms with Gasteiger partial charge in [-0.2, -0.15) is 0 Å². The topological polar surface area (TPSA) is 66.4 Å². The number of aliphatic carboxylic acids is 1. The maximum Gasteiger partial charge on any atom is 0.328 e. The molecule has 1 aliphatic carbocycles. The molecule has 1 aliphatic rings. The summed E-state index contributed by atoms with van der Waals surface area (Å²) in [6.45, 7) is 2.71. The fraction of sp³-hybridized carbons (Fsp3) is 0.429. The molecule has 2 N–H and O–H groups in total. The lowest BCUT2D eigenvalue weighted by Crippen LogP contribution is -2.50. The van der Waals surface area contributed by atoms with Gasteiger partial charge >= 0.3 is 5.97 Å². The number of benzene rings is 1. The van der Waals surface area contributed by atoms with Crippen LogP contribution in [0.1, 0.15) is 31.7 Å². The molecule has 20 heavy (non-hydrogen) atoms. The van der Waals surface area contributed by atoms with Gasteiger partial charge in [0.15, 0.2) is 0 Å². The van der Waals surface area contributed by atoms with E-state index in [9.17, 15) is 18.4 Å². The number of carbonyl (C=O) groups excluding carboxylic acids is 1. The molecule has 4 nitrogen and oxygen atoms in total. The van der Waals surface area contributed by atoms with Crippen molar-refractivity contribution in [3.8, 4) is 0 Å². The van der Waals surface area contributed by atoms with Crippen LogP contribution in [0.5, 0.6) is 0 Å². The third-order valence-electron chi connectivity index (χ3n) is 3.47. The van der Waals surface area contributed by atoms with E-state index in [-0.39, 0.29) is 5.56 Å². The Bertz CT molecular complexity index is 551. The molecule has 0 bridgehead atoms. The first kappa shape index (κ1) is 14.4. The summed E-state index contributed by atoms with van der Waals surface area (Å²) in [6.07, 6.45) is 0.319. The molecule has 1 saturated carbocycles. The summed E-state index contributed by atoms with van der Waals surface area (Å²) in [7, 11) is 0. The summed E-state index contributed by atoms with van der Waals surface area (Å²) < 4.78 is 27.2. The van der Waals surface area contributed by atoms with Gasteiger partial charge in [-0.3, -0.25) is 4.79 Å². The molecule has 2 rings (SSSR count). The number of carbonyl (C=O) groups is 2. The third kappa shape index (κ3) is 2.64. The van der Waals surface area contributed by atoms with Crippen molar-refractivity contribution < 1.29 is 23.5 Å². The Morgan fingerprint density at radius 1 is 1.30 bits per heavy atom. The average Bonchev–Trinajstić information content (AvgIpc) is 3.08. The molecule has 0 spiro atoms. The van der Waals surface area contributed by atoms with Gasteiger partial charge in [-0.25, -0.2) is 13.6 Å². The van der Waals surface area contributed by atoms with Gasteiger partial charge in [0.1, 0.15) is 17.2 Å². The van der Waals surface area contributed by atoms with Crippen LogP contribution in [0.25, 0.3) is 0 Å². The maximum absolute atomic E-state index is 13.6. The Labute approximate surface area is 114 Å². The minimum Gasteiger partial charge on any atom is -0.480 e. The number of carboxylic acid groups (broad SMARTS) is 1. The first-order valence-electron chi connectivity index (χ1n) is 6.23. The van der Waals surface area contributed by atoms with E-state index < -0.39 is 40.9 Å². The quantitative estimate of drug-likeness (QED) is 0.888. The Morgan fingerprint density at radius 3 is 2.35 bits per heavy atom. The van der Waals surface area contributed by atoms with E-state index in [0.717, 1.165) is 12.1 Å². The van der Waals surface area contributed by atoms with Gasteiger partial charge in [-0.1, -0.05) is 6.07 Å². The monoisotopic (exact) mass is 283 g/mol. The third-order valence-corrected chi connectivity index (χ3v) is 3.47. The van der Waals surface area contributed by atoms with Crippen molar-refractivity contribution in [2.45, 2.75) is 31.7 Å². The lowest BCUT2D eigenvalue weighted by atomic mass is 10.0. The Morgan fingerprint density at radius 2 is 1.85 bits per heavy atom. The van der Waals surface area contributed by atoms with Gasteiger partial charge in [-0.15, -0.1) is 0 Å². The Kier molecular flexibility index (Phi) is 3.50. The Hall–Kier alpha value is -1.98. The minimum atomic E-state index is -1.40. The average molecular weight is 283 g/mol. The van der Waals surface area contributed by atoms with Crippen molar-refractivity contribution >= 4 is 11.9 Å². The molecule has 108 valence electrons. The SMILES string of the molecule is CC(C)(NC(=O)C1CC1c1c(F)cccc1F)C(=O)O. The number of carboxylic acids is 1. The summed E-state index contributed by atoms with van der Waals surface area (Å²) >= 11 is 0. The van der Waals surface area contributed by atoms with E-state index in [1.807, 2.05) is 0 Å². The molecule has 1 aromatic carbocycles. The molecule has 0 saturated heterocycles. The largest absolute Gasteiger partial charge is 0.480 e. The van der Waals surface area contributed by atoms with Crippen molar-refractivity contribution in [1.29, 1.82) is 0 Å². The first-order chi connectivity index (χ1) is 9.24. The van der Waals surface area contributed by atoms with Crippen LogP contribution >= 0.6 is 0 Å². The highest BCUT2D eigenvalue weighted by Crippen LogP contribution is 2.49. The predicted molar refractivity (Wildman–Crippen MR) is 67.1 cm³/mol. The number of hydrogen-bond acceptors (Lipinski definition) is 2. The van der Waals surface area contributed by atoms with Crippen LogP contribution in [0.2, 0.25) is 0 Å². The number of hydrogen-bond donors (Lipinski definition) is 2. The van der Waals surface area contributed by atoms with E-state index in [2.05, 4.69) is 5.32 Å². The van der Waals surface area contributed by atoms with Gasteiger partial charge in [-0.05, 0) is 32.4 Å². The number of nitrogens with one attached hydrogen (secondary N) is 1. The van der Waals surface area contributed by atoms with Crippen molar-refractivity contribution in [1.82, 2.24) is 5.32 Å². The molecule has 0 heterocycles. The van der Waals surface area contributed by atoms with Gasteiger partial charge in [0, 0.05) is 17.4 Å². The molecule has 0 aromatic heterocycles. The molecule has 2 unspecified atom stereocenters. The van der Waals surface area contributed by atoms with E-state index in [4.69, 9.17) is 5.11 Å². The second-order valence-corrected chi connectivity index (χ2v) is 5.50. The smallest absolute Gasteiger partial charge is 0.328 e. The van der Waals surface area contributed by atoms with Gasteiger partial charge in [0.25, 0.3) is 0 Å². The van der Waals surface area contributed by atoms with E-state index >= 15 is 0 Å². The van der Waals surface area contributed by atoms with E-state index in [1.54, 1.807) is 0 Å². The van der Waals surface area contributed by atoms with Crippen LogP contribution in [0, 0.1) is 17.6 Å². The highest BCUT2D eigenvalue weighted by atomic mass is 19.1. The molecule has 1 fully saturated rings. The zero-order chi connectivity index (χ0) is 15.1. The molecule has 6 heteroatoms. The molecule has 0 radical (unpaired) electrons. The highest BCUT2D eigenvalue weighted by molar-refractivity contribution is 5.89. The molecular formula is C14H15F2NO3. The molecule has 1 amide bonds. The summed E-state index contributed by atoms with van der Waals surface area (Å²) in [5.74, 6) is -4.13. The van der Waals surface area contributed by atoms with Gasteiger partial charge in [0.05, 0.1) is 0 Å². The molecular weight excluding hydrogens is 268 g/mol. The molecule has 1 aromatic rings. The summed E-state index contributed by atoms with van der Waals surface area (Å²) in [4.78, 5) is 22.8. The number of amides is 1. The number of rotatable bonds is 4. The normalized spacial score (nSPS) is 21.4. The van der Waals surface area contributed by atoms with Crippen molar-refractivity contribution in [3.05, 3.63) is 35.4 Å². The second kappa shape index (κ2) is 4.85. The summed E-state index contributed by atoms with van der Waals surface area (Å²) in [5, 5.41) is 11.3. The molecule has 0 aliphatic heterocycles. The van der Waals surface area contributed by atoms with E-state index in [1.165, 1.54) is 19.9 Å². The van der Waals surface area contributed by atoms with Gasteiger partial charge in [0.2, 0.25) is 5.91 Å². The zero-order valence-electron chi connectivity index (χ0n) is 11.1. The second-order valence-electron chi connectivity index (χ2n) is 5.50. The predicted octanol–water partition coefficient (Wildman–Crippen LogP) is 2.05.